The Bertz CT molecular complexity index is 662. The lowest BCUT2D eigenvalue weighted by atomic mass is 10.1. The number of aryl methyl sites for hydroxylation is 2. The first-order chi connectivity index (χ1) is 10.5. The molecular weight excluding hydrogens is 278 g/mol. The maximum atomic E-state index is 11.8. The summed E-state index contributed by atoms with van der Waals surface area (Å²) >= 11 is 0. The van der Waals surface area contributed by atoms with Gasteiger partial charge in [-0.05, 0) is 37.1 Å². The number of benzene rings is 2. The van der Waals surface area contributed by atoms with Gasteiger partial charge >= 0.3 is 5.97 Å². The van der Waals surface area contributed by atoms with Gasteiger partial charge in [0.25, 0.3) is 0 Å². The van der Waals surface area contributed by atoms with Crippen LogP contribution in [0.5, 0.6) is 5.75 Å². The van der Waals surface area contributed by atoms with E-state index in [0.717, 1.165) is 16.7 Å². The Hall–Kier alpha value is -2.62. The van der Waals surface area contributed by atoms with Gasteiger partial charge in [-0.1, -0.05) is 42.0 Å². The molecule has 0 aliphatic heterocycles. The average Bonchev–Trinajstić information content (AvgIpc) is 2.50. The molecule has 0 unspecified atom stereocenters. The number of ether oxygens (including phenoxy) is 1. The van der Waals surface area contributed by atoms with Gasteiger partial charge in [0.2, 0.25) is 5.91 Å². The van der Waals surface area contributed by atoms with E-state index >= 15 is 0 Å². The summed E-state index contributed by atoms with van der Waals surface area (Å²) < 4.78 is 5.14. The second kappa shape index (κ2) is 7.41. The third kappa shape index (κ3) is 4.74. The van der Waals surface area contributed by atoms with Crippen LogP contribution in [0.1, 0.15) is 16.7 Å². The highest BCUT2D eigenvalue weighted by atomic mass is 16.5. The summed E-state index contributed by atoms with van der Waals surface area (Å²) in [5, 5.41) is 2.58. The van der Waals surface area contributed by atoms with Crippen LogP contribution in [0.2, 0.25) is 0 Å². The highest BCUT2D eigenvalue weighted by Gasteiger charge is 2.09. The van der Waals surface area contributed by atoms with E-state index in [-0.39, 0.29) is 18.9 Å². The van der Waals surface area contributed by atoms with Crippen LogP contribution >= 0.6 is 0 Å². The first-order valence-electron chi connectivity index (χ1n) is 7.13. The quantitative estimate of drug-likeness (QED) is 0.681. The molecule has 0 aliphatic carbocycles. The number of hydrogen-bond donors (Lipinski definition) is 1. The van der Waals surface area contributed by atoms with Crippen molar-refractivity contribution in [1.29, 1.82) is 0 Å². The molecule has 0 aromatic heterocycles. The molecule has 2 aromatic rings. The van der Waals surface area contributed by atoms with Crippen molar-refractivity contribution in [3.05, 3.63) is 65.2 Å². The predicted octanol–water partition coefficient (Wildman–Crippen LogP) is 2.57. The van der Waals surface area contributed by atoms with Gasteiger partial charge in [0.15, 0.2) is 0 Å². The van der Waals surface area contributed by atoms with Gasteiger partial charge in [0.1, 0.15) is 12.3 Å². The Morgan fingerprint density at radius 2 is 1.68 bits per heavy atom. The lowest BCUT2D eigenvalue weighted by molar-refractivity contribution is -0.135. The molecule has 0 atom stereocenters. The summed E-state index contributed by atoms with van der Waals surface area (Å²) in [4.78, 5) is 23.5. The third-order valence-corrected chi connectivity index (χ3v) is 3.29. The average molecular weight is 297 g/mol. The fourth-order valence-corrected chi connectivity index (χ4v) is 1.99. The van der Waals surface area contributed by atoms with Crippen LogP contribution in [0.4, 0.5) is 0 Å². The van der Waals surface area contributed by atoms with Crippen LogP contribution in [-0.2, 0) is 16.0 Å². The summed E-state index contributed by atoms with van der Waals surface area (Å²) in [6, 6.07) is 14.8. The molecule has 0 saturated carbocycles. The fraction of sp³-hybridized carbons (Fsp3) is 0.222. The Kier molecular flexibility index (Phi) is 5.31. The number of esters is 1. The minimum Gasteiger partial charge on any atom is -0.425 e. The number of carbonyl (C=O) groups excluding carboxylic acids is 2. The molecule has 0 saturated heterocycles. The number of hydrogen-bond acceptors (Lipinski definition) is 3. The van der Waals surface area contributed by atoms with E-state index in [0.29, 0.717) is 5.75 Å². The highest BCUT2D eigenvalue weighted by Crippen LogP contribution is 2.11. The van der Waals surface area contributed by atoms with Gasteiger partial charge in [0, 0.05) is 0 Å². The van der Waals surface area contributed by atoms with Gasteiger partial charge in [-0.15, -0.1) is 0 Å². The van der Waals surface area contributed by atoms with Crippen molar-refractivity contribution in [2.45, 2.75) is 20.3 Å². The largest absolute Gasteiger partial charge is 0.425 e. The molecule has 22 heavy (non-hydrogen) atoms. The zero-order valence-corrected chi connectivity index (χ0v) is 12.8. The fourth-order valence-electron chi connectivity index (χ4n) is 1.99. The molecule has 2 aromatic carbocycles. The smallest absolute Gasteiger partial charge is 0.330 e. The van der Waals surface area contributed by atoms with E-state index < -0.39 is 5.97 Å². The Morgan fingerprint density at radius 3 is 2.36 bits per heavy atom. The minimum atomic E-state index is -0.484. The van der Waals surface area contributed by atoms with Gasteiger partial charge in [-0.3, -0.25) is 4.79 Å². The second-order valence-electron chi connectivity index (χ2n) is 5.17. The second-order valence-corrected chi connectivity index (χ2v) is 5.17. The zero-order valence-electron chi connectivity index (χ0n) is 12.8. The lowest BCUT2D eigenvalue weighted by Crippen LogP contribution is -2.33. The topological polar surface area (TPSA) is 55.4 Å². The molecule has 0 spiro atoms. The summed E-state index contributed by atoms with van der Waals surface area (Å²) in [6.45, 7) is 3.77. The van der Waals surface area contributed by atoms with Crippen LogP contribution < -0.4 is 10.1 Å². The van der Waals surface area contributed by atoms with E-state index in [1.807, 2.05) is 50.2 Å². The predicted molar refractivity (Wildman–Crippen MR) is 84.7 cm³/mol. The van der Waals surface area contributed by atoms with Crippen molar-refractivity contribution < 1.29 is 14.3 Å². The van der Waals surface area contributed by atoms with E-state index in [1.165, 1.54) is 0 Å². The molecular formula is C18H19NO3. The normalized spacial score (nSPS) is 10.1. The summed E-state index contributed by atoms with van der Waals surface area (Å²) in [5.74, 6) is -0.208. The summed E-state index contributed by atoms with van der Waals surface area (Å²) in [6.07, 6.45) is 0.254. The molecule has 0 bridgehead atoms. The van der Waals surface area contributed by atoms with E-state index in [2.05, 4.69) is 5.32 Å². The van der Waals surface area contributed by atoms with Crippen LogP contribution in [0, 0.1) is 13.8 Å². The summed E-state index contributed by atoms with van der Waals surface area (Å²) in [7, 11) is 0. The molecule has 0 heterocycles. The zero-order chi connectivity index (χ0) is 15.9. The maximum Gasteiger partial charge on any atom is 0.330 e. The molecule has 114 valence electrons. The minimum absolute atomic E-state index is 0.140. The van der Waals surface area contributed by atoms with Crippen LogP contribution in [-0.4, -0.2) is 18.4 Å². The Balaban J connectivity index is 1.79. The Morgan fingerprint density at radius 1 is 1.00 bits per heavy atom. The van der Waals surface area contributed by atoms with Crippen LogP contribution in [0.25, 0.3) is 0 Å². The van der Waals surface area contributed by atoms with E-state index in [1.54, 1.807) is 12.1 Å². The van der Waals surface area contributed by atoms with Crippen molar-refractivity contribution in [2.24, 2.45) is 0 Å². The van der Waals surface area contributed by atoms with Crippen molar-refractivity contribution in [3.63, 3.8) is 0 Å². The van der Waals surface area contributed by atoms with E-state index in [9.17, 15) is 9.59 Å². The molecule has 4 nitrogen and oxygen atoms in total. The number of rotatable bonds is 5. The van der Waals surface area contributed by atoms with Crippen LogP contribution in [0.3, 0.4) is 0 Å². The first-order valence-corrected chi connectivity index (χ1v) is 7.13. The Labute approximate surface area is 130 Å². The maximum absolute atomic E-state index is 11.8. The number of nitrogens with one attached hydrogen (secondary N) is 1. The van der Waals surface area contributed by atoms with E-state index in [4.69, 9.17) is 4.74 Å². The van der Waals surface area contributed by atoms with Crippen molar-refractivity contribution in [2.75, 3.05) is 6.54 Å². The first kappa shape index (κ1) is 15.8. The van der Waals surface area contributed by atoms with Crippen molar-refractivity contribution in [1.82, 2.24) is 5.32 Å². The molecule has 0 aliphatic rings. The monoisotopic (exact) mass is 297 g/mol. The van der Waals surface area contributed by atoms with Crippen molar-refractivity contribution >= 4 is 11.9 Å². The molecule has 1 amide bonds. The van der Waals surface area contributed by atoms with Gasteiger partial charge in [0.05, 0.1) is 6.42 Å². The number of carbonyl (C=O) groups is 2. The SMILES string of the molecule is Cc1ccc(OC(=O)CNC(=O)Cc2ccccc2C)cc1. The molecule has 1 N–H and O–H groups in total. The van der Waals surface area contributed by atoms with Gasteiger partial charge < -0.3 is 10.1 Å². The lowest BCUT2D eigenvalue weighted by Gasteiger charge is -2.08. The summed E-state index contributed by atoms with van der Waals surface area (Å²) in [5.41, 5.74) is 3.10. The van der Waals surface area contributed by atoms with Crippen molar-refractivity contribution in [3.8, 4) is 5.75 Å². The van der Waals surface area contributed by atoms with Gasteiger partial charge in [-0.2, -0.15) is 0 Å². The standard InChI is InChI=1S/C18H19NO3/c1-13-7-9-16(10-8-13)22-18(21)12-19-17(20)11-15-6-4-3-5-14(15)2/h3-10H,11-12H2,1-2H3,(H,19,20). The highest BCUT2D eigenvalue weighted by molar-refractivity contribution is 5.84. The van der Waals surface area contributed by atoms with Crippen LogP contribution in [0.15, 0.2) is 48.5 Å². The third-order valence-electron chi connectivity index (χ3n) is 3.29. The number of amides is 1. The molecule has 4 heteroatoms. The molecule has 0 fully saturated rings. The molecule has 0 radical (unpaired) electrons. The molecule has 2 rings (SSSR count). The van der Waals surface area contributed by atoms with Gasteiger partial charge in [-0.25, -0.2) is 4.79 Å².